The van der Waals surface area contributed by atoms with Gasteiger partial charge in [-0.15, -0.1) is 0 Å². The molecule has 0 fully saturated rings. The third-order valence-electron chi connectivity index (χ3n) is 1.39. The minimum absolute atomic E-state index is 0.964. The molecule has 0 aliphatic heterocycles. The smallest absolute Gasteiger partial charge is 0.182 e. The lowest BCUT2D eigenvalue weighted by Gasteiger charge is -1.93. The van der Waals surface area contributed by atoms with Crippen LogP contribution in [0.4, 0.5) is 0 Å². The average molecular weight is 248 g/mol. The van der Waals surface area contributed by atoms with Crippen LogP contribution in [0.3, 0.4) is 0 Å². The van der Waals surface area contributed by atoms with Gasteiger partial charge in [-0.3, -0.25) is 3.07 Å². The van der Waals surface area contributed by atoms with Crippen LogP contribution in [-0.4, -0.2) is 0 Å². The molecule has 0 aromatic heterocycles. The average Bonchev–Trinajstić information content (AvgIpc) is 2.05. The van der Waals surface area contributed by atoms with E-state index in [0.29, 0.717) is 0 Å². The molecule has 0 N–H and O–H groups in total. The first-order valence-electron chi connectivity index (χ1n) is 3.23. The maximum absolute atomic E-state index is 10.5. The summed E-state index contributed by atoms with van der Waals surface area (Å²) in [4.78, 5) is 0. The Labute approximate surface area is 71.1 Å². The first-order chi connectivity index (χ1) is 4.86. The fourth-order valence-electron chi connectivity index (χ4n) is 0.805. The molecule has 10 heavy (non-hydrogen) atoms. The fraction of sp³-hybridized carbons (Fsp3) is 0.250. The van der Waals surface area contributed by atoms with Crippen LogP contribution in [0.15, 0.2) is 24.3 Å². The van der Waals surface area contributed by atoms with E-state index in [1.165, 1.54) is 5.56 Å². The molecular formula is C8H9IO. The van der Waals surface area contributed by atoms with Gasteiger partial charge in [0.05, 0.1) is 0 Å². The summed E-state index contributed by atoms with van der Waals surface area (Å²) in [7, 11) is 0. The van der Waals surface area contributed by atoms with Crippen LogP contribution in [0.25, 0.3) is 0 Å². The summed E-state index contributed by atoms with van der Waals surface area (Å²) in [6.07, 6.45) is 1.03. The van der Waals surface area contributed by atoms with Gasteiger partial charge in [-0.25, -0.2) is 0 Å². The van der Waals surface area contributed by atoms with Crippen LogP contribution in [0, 0.1) is 3.57 Å². The van der Waals surface area contributed by atoms with E-state index in [-0.39, 0.29) is 0 Å². The molecule has 0 bridgehead atoms. The summed E-state index contributed by atoms with van der Waals surface area (Å²) in [6.45, 7) is 2.10. The van der Waals surface area contributed by atoms with E-state index < -0.39 is 21.2 Å². The van der Waals surface area contributed by atoms with Gasteiger partial charge >= 0.3 is 0 Å². The highest BCUT2D eigenvalue weighted by Crippen LogP contribution is 2.11. The van der Waals surface area contributed by atoms with Crippen molar-refractivity contribution in [2.24, 2.45) is 0 Å². The quantitative estimate of drug-likeness (QED) is 0.735. The van der Waals surface area contributed by atoms with Crippen molar-refractivity contribution < 1.29 is 3.07 Å². The van der Waals surface area contributed by atoms with Gasteiger partial charge in [0.2, 0.25) is 0 Å². The molecule has 0 saturated heterocycles. The third kappa shape index (κ3) is 1.87. The van der Waals surface area contributed by atoms with Crippen molar-refractivity contribution in [3.63, 3.8) is 0 Å². The molecule has 0 aliphatic carbocycles. The zero-order valence-electron chi connectivity index (χ0n) is 5.80. The number of rotatable bonds is 2. The first-order valence-corrected chi connectivity index (χ1v) is 5.18. The Morgan fingerprint density at radius 2 is 2.30 bits per heavy atom. The Morgan fingerprint density at radius 1 is 1.50 bits per heavy atom. The first kappa shape index (κ1) is 7.85. The van der Waals surface area contributed by atoms with E-state index >= 15 is 0 Å². The lowest BCUT2D eigenvalue weighted by atomic mass is 10.2. The zero-order valence-corrected chi connectivity index (χ0v) is 7.96. The van der Waals surface area contributed by atoms with Crippen LogP contribution < -0.4 is 0 Å². The number of hydrogen-bond donors (Lipinski definition) is 0. The molecule has 0 aliphatic rings. The summed E-state index contributed by atoms with van der Waals surface area (Å²) in [5.41, 5.74) is 1.27. The van der Waals surface area contributed by atoms with Gasteiger partial charge in [-0.05, 0) is 24.1 Å². The Balaban J connectivity index is 2.98. The van der Waals surface area contributed by atoms with Gasteiger partial charge in [0, 0.05) is 3.57 Å². The van der Waals surface area contributed by atoms with Crippen molar-refractivity contribution in [3.05, 3.63) is 33.4 Å². The molecule has 0 atom stereocenters. The van der Waals surface area contributed by atoms with E-state index in [0.717, 1.165) is 9.99 Å². The van der Waals surface area contributed by atoms with Crippen molar-refractivity contribution in [2.45, 2.75) is 13.3 Å². The summed E-state index contributed by atoms with van der Waals surface area (Å²) < 4.78 is 11.5. The predicted molar refractivity (Wildman–Crippen MR) is 49.2 cm³/mol. The van der Waals surface area contributed by atoms with Gasteiger partial charge in [0.25, 0.3) is 0 Å². The van der Waals surface area contributed by atoms with Crippen molar-refractivity contribution in [1.29, 1.82) is 0 Å². The molecule has 1 aromatic carbocycles. The van der Waals surface area contributed by atoms with Crippen LogP contribution in [0.1, 0.15) is 12.5 Å². The van der Waals surface area contributed by atoms with Crippen LogP contribution in [0.5, 0.6) is 0 Å². The van der Waals surface area contributed by atoms with E-state index in [4.69, 9.17) is 0 Å². The molecule has 0 unspecified atom stereocenters. The van der Waals surface area contributed by atoms with Gasteiger partial charge in [0.15, 0.2) is 21.2 Å². The molecule has 0 spiro atoms. The summed E-state index contributed by atoms with van der Waals surface area (Å²) >= 11 is -0.964. The number of halogens is 1. The molecule has 1 aromatic rings. The maximum Gasteiger partial charge on any atom is 0.182 e. The Kier molecular flexibility index (Phi) is 2.99. The number of aryl methyl sites for hydroxylation is 1. The Hall–Kier alpha value is -0.250. The van der Waals surface area contributed by atoms with Gasteiger partial charge in [-0.2, -0.15) is 0 Å². The molecule has 0 radical (unpaired) electrons. The van der Waals surface area contributed by atoms with E-state index in [1.807, 2.05) is 18.2 Å². The Bertz CT molecular complexity index is 232. The summed E-state index contributed by atoms with van der Waals surface area (Å²) in [6, 6.07) is 7.95. The van der Waals surface area contributed by atoms with Crippen LogP contribution >= 0.6 is 21.2 Å². The molecule has 0 saturated carbocycles. The second-order valence-electron chi connectivity index (χ2n) is 2.06. The highest BCUT2D eigenvalue weighted by molar-refractivity contribution is 14.1. The predicted octanol–water partition coefficient (Wildman–Crippen LogP) is 2.73. The molecule has 1 rings (SSSR count). The minimum atomic E-state index is -0.964. The maximum atomic E-state index is 10.5. The monoisotopic (exact) mass is 248 g/mol. The molecule has 54 valence electrons. The summed E-state index contributed by atoms with van der Waals surface area (Å²) in [5.74, 6) is 0. The van der Waals surface area contributed by atoms with Crippen molar-refractivity contribution in [1.82, 2.24) is 0 Å². The lowest BCUT2D eigenvalue weighted by Crippen LogP contribution is -1.79. The third-order valence-corrected chi connectivity index (χ3v) is 2.57. The van der Waals surface area contributed by atoms with Crippen molar-refractivity contribution in [3.8, 4) is 0 Å². The lowest BCUT2D eigenvalue weighted by molar-refractivity contribution is 0.648. The standard InChI is InChI=1S/C8H9IO/c1-2-7-4-3-5-8(6-7)9-10/h3-6H,2H2,1H3. The fourth-order valence-corrected chi connectivity index (χ4v) is 1.69. The number of hydrogen-bond acceptors (Lipinski definition) is 1. The largest absolute Gasteiger partial charge is 0.265 e. The van der Waals surface area contributed by atoms with E-state index in [1.54, 1.807) is 0 Å². The molecule has 2 heteroatoms. The van der Waals surface area contributed by atoms with Crippen LogP contribution in [0.2, 0.25) is 0 Å². The van der Waals surface area contributed by atoms with E-state index in [9.17, 15) is 3.07 Å². The molecule has 0 amide bonds. The normalized spacial score (nSPS) is 9.70. The second-order valence-corrected chi connectivity index (χ2v) is 3.75. The van der Waals surface area contributed by atoms with Gasteiger partial charge in [0.1, 0.15) is 0 Å². The molecule has 0 heterocycles. The highest BCUT2D eigenvalue weighted by atomic mass is 127. The van der Waals surface area contributed by atoms with Gasteiger partial charge in [-0.1, -0.05) is 19.1 Å². The Morgan fingerprint density at radius 3 is 2.90 bits per heavy atom. The highest BCUT2D eigenvalue weighted by Gasteiger charge is 1.91. The topological polar surface area (TPSA) is 17.1 Å². The zero-order chi connectivity index (χ0) is 7.40. The van der Waals surface area contributed by atoms with Gasteiger partial charge < -0.3 is 0 Å². The van der Waals surface area contributed by atoms with Crippen molar-refractivity contribution >= 4 is 21.2 Å². The van der Waals surface area contributed by atoms with E-state index in [2.05, 4.69) is 13.0 Å². The summed E-state index contributed by atoms with van der Waals surface area (Å²) in [5, 5.41) is 0. The van der Waals surface area contributed by atoms with Crippen molar-refractivity contribution in [2.75, 3.05) is 0 Å². The SMILES string of the molecule is CCc1cccc(I=O)c1. The second kappa shape index (κ2) is 3.81. The molecule has 1 nitrogen and oxygen atoms in total. The van der Waals surface area contributed by atoms with Crippen LogP contribution in [-0.2, 0) is 9.49 Å². The minimum Gasteiger partial charge on any atom is -0.265 e. The number of benzene rings is 1. The molecular weight excluding hydrogens is 239 g/mol.